The Morgan fingerprint density at radius 1 is 1.37 bits per heavy atom. The van der Waals surface area contributed by atoms with Crippen molar-refractivity contribution in [3.8, 4) is 0 Å². The summed E-state index contributed by atoms with van der Waals surface area (Å²) in [4.78, 5) is 23.1. The van der Waals surface area contributed by atoms with Gasteiger partial charge < -0.3 is 15.5 Å². The fraction of sp³-hybridized carbons (Fsp3) is 0.429. The van der Waals surface area contributed by atoms with Crippen LogP contribution in [0.5, 0.6) is 0 Å². The van der Waals surface area contributed by atoms with Crippen LogP contribution in [0.25, 0.3) is 0 Å². The molecule has 5 heteroatoms. The summed E-state index contributed by atoms with van der Waals surface area (Å²) in [6, 6.07) is 4.33. The molecule has 2 rings (SSSR count). The standard InChI is InChI=1S/C14H17NO4/c1-8-9(4-3-5-10(8)13(17)18)12(16)15-11-6-7-14(11,2)19/h3-5,11,19H,6-7H2,1-2H3,(H,15,16)(H,17,18)/t11-,14-/m1/s1. The summed E-state index contributed by atoms with van der Waals surface area (Å²) in [7, 11) is 0. The average molecular weight is 263 g/mol. The second-order valence-electron chi connectivity index (χ2n) is 5.21. The van der Waals surface area contributed by atoms with Gasteiger partial charge in [0.15, 0.2) is 0 Å². The zero-order valence-electron chi connectivity index (χ0n) is 10.9. The Kier molecular flexibility index (Phi) is 3.32. The molecule has 1 saturated carbocycles. The van der Waals surface area contributed by atoms with E-state index in [9.17, 15) is 14.7 Å². The molecule has 1 aromatic rings. The summed E-state index contributed by atoms with van der Waals surface area (Å²) in [5.74, 6) is -1.40. The molecule has 0 aliphatic heterocycles. The first kappa shape index (κ1) is 13.5. The predicted molar refractivity (Wildman–Crippen MR) is 69.3 cm³/mol. The van der Waals surface area contributed by atoms with E-state index in [1.54, 1.807) is 26.0 Å². The van der Waals surface area contributed by atoms with Crippen LogP contribution < -0.4 is 5.32 Å². The number of carbonyl (C=O) groups excluding carboxylic acids is 1. The number of hydrogen-bond acceptors (Lipinski definition) is 3. The largest absolute Gasteiger partial charge is 0.478 e. The van der Waals surface area contributed by atoms with Crippen LogP contribution in [0, 0.1) is 6.92 Å². The monoisotopic (exact) mass is 263 g/mol. The maximum atomic E-state index is 12.1. The van der Waals surface area contributed by atoms with Crippen LogP contribution in [-0.4, -0.2) is 33.7 Å². The van der Waals surface area contributed by atoms with Crippen molar-refractivity contribution in [2.24, 2.45) is 0 Å². The maximum Gasteiger partial charge on any atom is 0.335 e. The van der Waals surface area contributed by atoms with E-state index in [4.69, 9.17) is 5.11 Å². The Hall–Kier alpha value is -1.88. The highest BCUT2D eigenvalue weighted by Gasteiger charge is 2.41. The number of amides is 1. The number of aliphatic hydroxyl groups is 1. The Labute approximate surface area is 111 Å². The van der Waals surface area contributed by atoms with Gasteiger partial charge in [-0.25, -0.2) is 4.79 Å². The quantitative estimate of drug-likeness (QED) is 0.768. The van der Waals surface area contributed by atoms with Gasteiger partial charge in [-0.15, -0.1) is 0 Å². The van der Waals surface area contributed by atoms with Crippen molar-refractivity contribution in [1.29, 1.82) is 0 Å². The molecule has 0 heterocycles. The van der Waals surface area contributed by atoms with Crippen molar-refractivity contribution < 1.29 is 19.8 Å². The number of carbonyl (C=O) groups is 2. The third-order valence-electron chi connectivity index (χ3n) is 3.80. The van der Waals surface area contributed by atoms with E-state index in [1.807, 2.05) is 0 Å². The lowest BCUT2D eigenvalue weighted by Crippen LogP contribution is -2.58. The van der Waals surface area contributed by atoms with Crippen LogP contribution in [0.2, 0.25) is 0 Å². The van der Waals surface area contributed by atoms with E-state index in [0.29, 0.717) is 17.5 Å². The summed E-state index contributed by atoms with van der Waals surface area (Å²) < 4.78 is 0. The van der Waals surface area contributed by atoms with E-state index in [0.717, 1.165) is 6.42 Å². The Morgan fingerprint density at radius 3 is 2.47 bits per heavy atom. The van der Waals surface area contributed by atoms with Gasteiger partial charge in [0.25, 0.3) is 5.91 Å². The summed E-state index contributed by atoms with van der Waals surface area (Å²) >= 11 is 0. The van der Waals surface area contributed by atoms with Crippen molar-refractivity contribution in [2.75, 3.05) is 0 Å². The van der Waals surface area contributed by atoms with E-state index in [-0.39, 0.29) is 17.5 Å². The number of hydrogen-bond donors (Lipinski definition) is 3. The molecule has 1 fully saturated rings. The summed E-state index contributed by atoms with van der Waals surface area (Å²) in [5.41, 5.74) is 0.0237. The molecule has 0 radical (unpaired) electrons. The third-order valence-corrected chi connectivity index (χ3v) is 3.80. The Balaban J connectivity index is 2.20. The van der Waals surface area contributed by atoms with Crippen molar-refractivity contribution in [1.82, 2.24) is 5.32 Å². The molecule has 0 aromatic heterocycles. The van der Waals surface area contributed by atoms with E-state index >= 15 is 0 Å². The van der Waals surface area contributed by atoms with E-state index in [1.165, 1.54) is 6.07 Å². The van der Waals surface area contributed by atoms with Gasteiger partial charge in [-0.2, -0.15) is 0 Å². The van der Waals surface area contributed by atoms with Crippen molar-refractivity contribution in [3.63, 3.8) is 0 Å². The summed E-state index contributed by atoms with van der Waals surface area (Å²) in [6.45, 7) is 3.29. The zero-order chi connectivity index (χ0) is 14.2. The Bertz CT molecular complexity index is 536. The Morgan fingerprint density at radius 2 is 2.00 bits per heavy atom. The summed E-state index contributed by atoms with van der Waals surface area (Å²) in [5, 5.41) is 21.6. The lowest BCUT2D eigenvalue weighted by molar-refractivity contribution is -0.0487. The van der Waals surface area contributed by atoms with Crippen molar-refractivity contribution >= 4 is 11.9 Å². The molecule has 1 aliphatic carbocycles. The molecule has 1 aliphatic rings. The molecule has 102 valence electrons. The lowest BCUT2D eigenvalue weighted by atomic mass is 9.76. The number of carboxylic acid groups (broad SMARTS) is 1. The topological polar surface area (TPSA) is 86.6 Å². The molecule has 1 aromatic carbocycles. The maximum absolute atomic E-state index is 12.1. The summed E-state index contributed by atoms with van der Waals surface area (Å²) in [6.07, 6.45) is 1.39. The normalized spacial score (nSPS) is 25.5. The fourth-order valence-electron chi connectivity index (χ4n) is 2.28. The number of carboxylic acids is 1. The predicted octanol–water partition coefficient (Wildman–Crippen LogP) is 1.34. The van der Waals surface area contributed by atoms with Crippen molar-refractivity contribution in [2.45, 2.75) is 38.3 Å². The van der Waals surface area contributed by atoms with Gasteiger partial charge in [0.2, 0.25) is 0 Å². The van der Waals surface area contributed by atoms with Gasteiger partial charge in [-0.1, -0.05) is 6.07 Å². The number of nitrogens with one attached hydrogen (secondary N) is 1. The minimum atomic E-state index is -1.05. The van der Waals surface area contributed by atoms with Crippen LogP contribution in [0.3, 0.4) is 0 Å². The molecule has 0 saturated heterocycles. The minimum absolute atomic E-state index is 0.119. The molecule has 0 spiro atoms. The molecule has 19 heavy (non-hydrogen) atoms. The average Bonchev–Trinajstić information content (AvgIpc) is 2.34. The fourth-order valence-corrected chi connectivity index (χ4v) is 2.28. The first-order valence-electron chi connectivity index (χ1n) is 6.19. The lowest BCUT2D eigenvalue weighted by Gasteiger charge is -2.43. The van der Waals surface area contributed by atoms with E-state index in [2.05, 4.69) is 5.32 Å². The number of aromatic carboxylic acids is 1. The SMILES string of the molecule is Cc1c(C(=O)O)cccc1C(=O)N[C@@H]1CC[C@@]1(C)O. The van der Waals surface area contributed by atoms with Gasteiger partial charge in [-0.3, -0.25) is 4.79 Å². The van der Waals surface area contributed by atoms with E-state index < -0.39 is 11.6 Å². The molecule has 5 nitrogen and oxygen atoms in total. The molecule has 0 bridgehead atoms. The molecule has 1 amide bonds. The zero-order valence-corrected chi connectivity index (χ0v) is 10.9. The van der Waals surface area contributed by atoms with Gasteiger partial charge in [-0.05, 0) is 44.4 Å². The molecule has 3 N–H and O–H groups in total. The highest BCUT2D eigenvalue weighted by Crippen LogP contribution is 2.31. The third kappa shape index (κ3) is 2.46. The van der Waals surface area contributed by atoms with Gasteiger partial charge in [0.1, 0.15) is 0 Å². The molecule has 2 atom stereocenters. The van der Waals surface area contributed by atoms with Gasteiger partial charge >= 0.3 is 5.97 Å². The second kappa shape index (κ2) is 4.66. The number of rotatable bonds is 3. The van der Waals surface area contributed by atoms with Crippen molar-refractivity contribution in [3.05, 3.63) is 34.9 Å². The van der Waals surface area contributed by atoms with Gasteiger partial charge in [0, 0.05) is 5.56 Å². The molecular weight excluding hydrogens is 246 g/mol. The minimum Gasteiger partial charge on any atom is -0.478 e. The highest BCUT2D eigenvalue weighted by atomic mass is 16.4. The first-order chi connectivity index (χ1) is 8.83. The molecular formula is C14H17NO4. The molecule has 0 unspecified atom stereocenters. The van der Waals surface area contributed by atoms with Crippen LogP contribution in [-0.2, 0) is 0 Å². The van der Waals surface area contributed by atoms with Crippen LogP contribution in [0.15, 0.2) is 18.2 Å². The van der Waals surface area contributed by atoms with Crippen LogP contribution in [0.4, 0.5) is 0 Å². The van der Waals surface area contributed by atoms with Gasteiger partial charge in [0.05, 0.1) is 17.2 Å². The number of benzene rings is 1. The second-order valence-corrected chi connectivity index (χ2v) is 5.21. The van der Waals surface area contributed by atoms with Crippen LogP contribution in [0.1, 0.15) is 46.0 Å². The first-order valence-corrected chi connectivity index (χ1v) is 6.19. The smallest absolute Gasteiger partial charge is 0.335 e. The highest BCUT2D eigenvalue weighted by molar-refractivity contribution is 6.00. The van der Waals surface area contributed by atoms with Crippen LogP contribution >= 0.6 is 0 Å².